The quantitative estimate of drug-likeness (QED) is 0.659. The molecule has 0 N–H and O–H groups in total. The molecule has 0 heterocycles. The number of hydrogen-bond donors (Lipinski definition) is 0. The first kappa shape index (κ1) is 16.1. The van der Waals surface area contributed by atoms with Gasteiger partial charge < -0.3 is 4.74 Å². The van der Waals surface area contributed by atoms with Crippen LogP contribution in [0.1, 0.15) is 45.6 Å². The highest BCUT2D eigenvalue weighted by atomic mass is 32.2. The van der Waals surface area contributed by atoms with Crippen LogP contribution < -0.4 is 0 Å². The molecule has 19 heavy (non-hydrogen) atoms. The summed E-state index contributed by atoms with van der Waals surface area (Å²) in [5.74, 6) is 0.869. The van der Waals surface area contributed by atoms with Gasteiger partial charge in [-0.15, -0.1) is 11.8 Å². The van der Waals surface area contributed by atoms with Gasteiger partial charge in [-0.05, 0) is 25.3 Å². The topological polar surface area (TPSA) is 26.3 Å². The van der Waals surface area contributed by atoms with Gasteiger partial charge >= 0.3 is 5.97 Å². The zero-order chi connectivity index (χ0) is 14.1. The molecule has 0 bridgehead atoms. The van der Waals surface area contributed by atoms with E-state index in [0.29, 0.717) is 13.0 Å². The Morgan fingerprint density at radius 2 is 1.79 bits per heavy atom. The van der Waals surface area contributed by atoms with Crippen molar-refractivity contribution in [2.45, 2.75) is 50.5 Å². The Bertz CT molecular complexity index is 372. The van der Waals surface area contributed by atoms with Crippen LogP contribution in [0.2, 0.25) is 0 Å². The van der Waals surface area contributed by atoms with Gasteiger partial charge in [-0.1, -0.05) is 44.2 Å². The SMILES string of the molecule is CCOC(=O)CC(CC)(CC)SCc1ccccc1. The first-order valence-electron chi connectivity index (χ1n) is 6.99. The lowest BCUT2D eigenvalue weighted by Crippen LogP contribution is -2.28. The Labute approximate surface area is 120 Å². The van der Waals surface area contributed by atoms with E-state index in [-0.39, 0.29) is 10.7 Å². The van der Waals surface area contributed by atoms with Crippen molar-refractivity contribution in [1.82, 2.24) is 0 Å². The lowest BCUT2D eigenvalue weighted by atomic mass is 9.98. The van der Waals surface area contributed by atoms with Gasteiger partial charge in [0.25, 0.3) is 0 Å². The molecule has 1 rings (SSSR count). The number of benzene rings is 1. The van der Waals surface area contributed by atoms with Gasteiger partial charge in [0.1, 0.15) is 0 Å². The molecular weight excluding hydrogens is 256 g/mol. The molecule has 0 aliphatic carbocycles. The van der Waals surface area contributed by atoms with Crippen LogP contribution in [0.5, 0.6) is 0 Å². The highest BCUT2D eigenvalue weighted by molar-refractivity contribution is 7.99. The van der Waals surface area contributed by atoms with E-state index in [1.165, 1.54) is 5.56 Å². The molecule has 3 heteroatoms. The summed E-state index contributed by atoms with van der Waals surface area (Å²) in [6.07, 6.45) is 2.48. The second-order valence-electron chi connectivity index (χ2n) is 4.65. The molecular formula is C16H24O2S. The van der Waals surface area contributed by atoms with Gasteiger partial charge in [0, 0.05) is 10.5 Å². The normalized spacial score (nSPS) is 11.3. The van der Waals surface area contributed by atoms with E-state index >= 15 is 0 Å². The van der Waals surface area contributed by atoms with Crippen LogP contribution in [-0.2, 0) is 15.3 Å². The van der Waals surface area contributed by atoms with Crippen molar-refractivity contribution >= 4 is 17.7 Å². The predicted molar refractivity (Wildman–Crippen MR) is 82.3 cm³/mol. The lowest BCUT2D eigenvalue weighted by molar-refractivity contribution is -0.143. The standard InChI is InChI=1S/C16H24O2S/c1-4-16(5-2,12-15(17)18-6-3)19-13-14-10-8-7-9-11-14/h7-11H,4-6,12-13H2,1-3H3. The van der Waals surface area contributed by atoms with E-state index in [0.717, 1.165) is 18.6 Å². The first-order chi connectivity index (χ1) is 9.15. The molecule has 0 amide bonds. The van der Waals surface area contributed by atoms with Crippen LogP contribution in [0.4, 0.5) is 0 Å². The fourth-order valence-corrected chi connectivity index (χ4v) is 3.33. The van der Waals surface area contributed by atoms with E-state index in [1.807, 2.05) is 24.8 Å². The monoisotopic (exact) mass is 280 g/mol. The highest BCUT2D eigenvalue weighted by Crippen LogP contribution is 2.38. The van der Waals surface area contributed by atoms with E-state index in [1.54, 1.807) is 0 Å². The highest BCUT2D eigenvalue weighted by Gasteiger charge is 2.30. The minimum atomic E-state index is -0.0771. The average Bonchev–Trinajstić information content (AvgIpc) is 2.45. The first-order valence-corrected chi connectivity index (χ1v) is 7.98. The maximum absolute atomic E-state index is 11.8. The molecule has 0 aromatic heterocycles. The Morgan fingerprint density at radius 1 is 1.16 bits per heavy atom. The zero-order valence-electron chi connectivity index (χ0n) is 12.1. The Balaban J connectivity index is 2.63. The smallest absolute Gasteiger partial charge is 0.307 e. The van der Waals surface area contributed by atoms with Crippen LogP contribution in [0.15, 0.2) is 30.3 Å². The molecule has 1 aromatic rings. The third-order valence-electron chi connectivity index (χ3n) is 3.45. The largest absolute Gasteiger partial charge is 0.466 e. The summed E-state index contributed by atoms with van der Waals surface area (Å²) >= 11 is 1.88. The van der Waals surface area contributed by atoms with E-state index < -0.39 is 0 Å². The Hall–Kier alpha value is -0.960. The molecule has 0 radical (unpaired) electrons. The number of carbonyl (C=O) groups excluding carboxylic acids is 1. The summed E-state index contributed by atoms with van der Waals surface area (Å²) in [5, 5.41) is 0. The number of ether oxygens (including phenoxy) is 1. The Kier molecular flexibility index (Phi) is 7.00. The summed E-state index contributed by atoms with van der Waals surface area (Å²) < 4.78 is 5.10. The number of thioether (sulfide) groups is 1. The van der Waals surface area contributed by atoms with Crippen LogP contribution in [-0.4, -0.2) is 17.3 Å². The van der Waals surface area contributed by atoms with Gasteiger partial charge in [-0.2, -0.15) is 0 Å². The van der Waals surface area contributed by atoms with Crippen LogP contribution >= 0.6 is 11.8 Å². The number of esters is 1. The van der Waals surface area contributed by atoms with E-state index in [4.69, 9.17) is 4.74 Å². The number of hydrogen-bond acceptors (Lipinski definition) is 3. The predicted octanol–water partition coefficient (Wildman–Crippen LogP) is 4.43. The molecule has 0 atom stereocenters. The summed E-state index contributed by atoms with van der Waals surface area (Å²) in [6, 6.07) is 10.4. The number of carbonyl (C=O) groups is 1. The van der Waals surface area contributed by atoms with Crippen LogP contribution in [0.3, 0.4) is 0 Å². The molecule has 106 valence electrons. The molecule has 0 unspecified atom stereocenters. The second kappa shape index (κ2) is 8.26. The van der Waals surface area contributed by atoms with Crippen molar-refractivity contribution < 1.29 is 9.53 Å². The average molecular weight is 280 g/mol. The molecule has 0 spiro atoms. The van der Waals surface area contributed by atoms with Gasteiger partial charge in [0.2, 0.25) is 0 Å². The molecule has 2 nitrogen and oxygen atoms in total. The van der Waals surface area contributed by atoms with Crippen molar-refractivity contribution in [3.8, 4) is 0 Å². The van der Waals surface area contributed by atoms with Crippen molar-refractivity contribution in [1.29, 1.82) is 0 Å². The summed E-state index contributed by atoms with van der Waals surface area (Å²) in [7, 11) is 0. The third-order valence-corrected chi connectivity index (χ3v) is 5.26. The van der Waals surface area contributed by atoms with Gasteiger partial charge in [-0.25, -0.2) is 0 Å². The van der Waals surface area contributed by atoms with E-state index in [2.05, 4.69) is 38.1 Å². The molecule has 0 aliphatic rings. The molecule has 0 aliphatic heterocycles. The minimum Gasteiger partial charge on any atom is -0.466 e. The fraction of sp³-hybridized carbons (Fsp3) is 0.562. The third kappa shape index (κ3) is 5.27. The molecule has 0 saturated carbocycles. The Morgan fingerprint density at radius 3 is 2.32 bits per heavy atom. The molecule has 0 saturated heterocycles. The molecule has 0 fully saturated rings. The number of rotatable bonds is 8. The second-order valence-corrected chi connectivity index (χ2v) is 6.09. The van der Waals surface area contributed by atoms with E-state index in [9.17, 15) is 4.79 Å². The van der Waals surface area contributed by atoms with Gasteiger partial charge in [0.15, 0.2) is 0 Å². The van der Waals surface area contributed by atoms with Crippen molar-refractivity contribution in [2.24, 2.45) is 0 Å². The maximum Gasteiger partial charge on any atom is 0.307 e. The van der Waals surface area contributed by atoms with Crippen LogP contribution in [0, 0.1) is 0 Å². The van der Waals surface area contributed by atoms with Gasteiger partial charge in [0.05, 0.1) is 13.0 Å². The fourth-order valence-electron chi connectivity index (χ4n) is 2.04. The zero-order valence-corrected chi connectivity index (χ0v) is 13.0. The summed E-state index contributed by atoms with van der Waals surface area (Å²) in [6.45, 7) is 6.63. The van der Waals surface area contributed by atoms with Crippen molar-refractivity contribution in [3.63, 3.8) is 0 Å². The van der Waals surface area contributed by atoms with Crippen molar-refractivity contribution in [2.75, 3.05) is 6.61 Å². The van der Waals surface area contributed by atoms with Crippen molar-refractivity contribution in [3.05, 3.63) is 35.9 Å². The summed E-state index contributed by atoms with van der Waals surface area (Å²) in [5.41, 5.74) is 1.31. The maximum atomic E-state index is 11.8. The summed E-state index contributed by atoms with van der Waals surface area (Å²) in [4.78, 5) is 11.8. The lowest BCUT2D eigenvalue weighted by Gasteiger charge is -2.30. The minimum absolute atomic E-state index is 0.00208. The van der Waals surface area contributed by atoms with Gasteiger partial charge in [-0.3, -0.25) is 4.79 Å². The molecule has 1 aromatic carbocycles. The van der Waals surface area contributed by atoms with Crippen LogP contribution in [0.25, 0.3) is 0 Å².